The van der Waals surface area contributed by atoms with Gasteiger partial charge in [0.25, 0.3) is 0 Å². The van der Waals surface area contributed by atoms with Crippen LogP contribution in [0.2, 0.25) is 0 Å². The molecule has 1 aliphatic rings. The number of nitrogens with zero attached hydrogens (tertiary/aromatic N) is 1. The monoisotopic (exact) mass is 254 g/mol. The molecule has 4 nitrogen and oxygen atoms in total. The maximum absolute atomic E-state index is 12.1. The number of rotatable bonds is 2. The summed E-state index contributed by atoms with van der Waals surface area (Å²) in [5, 5.41) is -0.381. The molecule has 0 fully saturated rings. The van der Waals surface area contributed by atoms with Gasteiger partial charge in [-0.05, 0) is 37.5 Å². The predicted octanol–water partition coefficient (Wildman–Crippen LogP) is 1.37. The number of sulfonamides is 1. The van der Waals surface area contributed by atoms with Crippen molar-refractivity contribution in [3.63, 3.8) is 0 Å². The zero-order valence-corrected chi connectivity index (χ0v) is 11.0. The van der Waals surface area contributed by atoms with Crippen molar-refractivity contribution in [2.24, 2.45) is 0 Å². The molecule has 0 aromatic heterocycles. The van der Waals surface area contributed by atoms with Crippen molar-refractivity contribution in [3.05, 3.63) is 29.3 Å². The Hall–Kier alpha value is -1.07. The first kappa shape index (κ1) is 12.4. The van der Waals surface area contributed by atoms with Crippen molar-refractivity contribution in [3.8, 4) is 0 Å². The molecule has 0 saturated heterocycles. The summed E-state index contributed by atoms with van der Waals surface area (Å²) in [6, 6.07) is 5.76. The lowest BCUT2D eigenvalue weighted by atomic mass is 10.00. The van der Waals surface area contributed by atoms with Crippen molar-refractivity contribution in [1.29, 1.82) is 0 Å². The van der Waals surface area contributed by atoms with E-state index in [2.05, 4.69) is 0 Å². The van der Waals surface area contributed by atoms with Gasteiger partial charge in [-0.2, -0.15) is 4.31 Å². The number of anilines is 1. The molecule has 1 aromatic carbocycles. The molecule has 0 amide bonds. The zero-order valence-electron chi connectivity index (χ0n) is 10.2. The average molecular weight is 254 g/mol. The van der Waals surface area contributed by atoms with Crippen LogP contribution in [0.4, 0.5) is 5.69 Å². The molecule has 2 N–H and O–H groups in total. The smallest absolute Gasteiger partial charge is 0.216 e. The van der Waals surface area contributed by atoms with E-state index in [4.69, 9.17) is 5.73 Å². The fourth-order valence-corrected chi connectivity index (χ4v) is 3.35. The fraction of sp³-hybridized carbons (Fsp3) is 0.500. The van der Waals surface area contributed by atoms with Gasteiger partial charge in [-0.3, -0.25) is 0 Å². The summed E-state index contributed by atoms with van der Waals surface area (Å²) in [5.74, 6) is 0. The SMILES string of the molecule is CC(C)S(=O)(=O)N1CCc2cccc(N)c2C1. The normalized spacial score (nSPS) is 17.1. The highest BCUT2D eigenvalue weighted by molar-refractivity contribution is 7.89. The summed E-state index contributed by atoms with van der Waals surface area (Å²) >= 11 is 0. The fourth-order valence-electron chi connectivity index (χ4n) is 2.10. The number of nitrogens with two attached hydrogens (primary N) is 1. The largest absolute Gasteiger partial charge is 0.398 e. The molecule has 0 radical (unpaired) electrons. The Morgan fingerprint density at radius 1 is 1.35 bits per heavy atom. The lowest BCUT2D eigenvalue weighted by Crippen LogP contribution is -2.40. The van der Waals surface area contributed by atoms with E-state index in [0.29, 0.717) is 18.8 Å². The molecular formula is C12H18N2O2S. The molecule has 0 atom stereocenters. The molecule has 0 bridgehead atoms. The molecule has 17 heavy (non-hydrogen) atoms. The number of nitrogen functional groups attached to an aromatic ring is 1. The molecule has 1 heterocycles. The van der Waals surface area contributed by atoms with E-state index in [1.54, 1.807) is 13.8 Å². The summed E-state index contributed by atoms with van der Waals surface area (Å²) in [5.41, 5.74) is 8.72. The van der Waals surface area contributed by atoms with E-state index in [-0.39, 0.29) is 5.25 Å². The highest BCUT2D eigenvalue weighted by Crippen LogP contribution is 2.26. The molecule has 0 spiro atoms. The van der Waals surface area contributed by atoms with Crippen LogP contribution >= 0.6 is 0 Å². The van der Waals surface area contributed by atoms with Gasteiger partial charge in [-0.1, -0.05) is 12.1 Å². The van der Waals surface area contributed by atoms with E-state index in [9.17, 15) is 8.42 Å². The molecule has 1 aliphatic heterocycles. The Morgan fingerprint density at radius 3 is 2.71 bits per heavy atom. The van der Waals surface area contributed by atoms with Crippen LogP contribution in [-0.4, -0.2) is 24.5 Å². The molecule has 1 aromatic rings. The third-order valence-electron chi connectivity index (χ3n) is 3.23. The van der Waals surface area contributed by atoms with Crippen LogP contribution in [0.5, 0.6) is 0 Å². The van der Waals surface area contributed by atoms with Crippen molar-refractivity contribution >= 4 is 15.7 Å². The van der Waals surface area contributed by atoms with Gasteiger partial charge in [-0.25, -0.2) is 8.42 Å². The summed E-state index contributed by atoms with van der Waals surface area (Å²) in [4.78, 5) is 0. The number of fused-ring (bicyclic) bond motifs is 1. The zero-order chi connectivity index (χ0) is 12.6. The first-order valence-electron chi connectivity index (χ1n) is 5.78. The second kappa shape index (κ2) is 4.31. The van der Waals surface area contributed by atoms with Crippen LogP contribution in [0.1, 0.15) is 25.0 Å². The van der Waals surface area contributed by atoms with E-state index in [1.165, 1.54) is 9.87 Å². The number of hydrogen-bond acceptors (Lipinski definition) is 3. The average Bonchev–Trinajstić information content (AvgIpc) is 2.29. The van der Waals surface area contributed by atoms with Gasteiger partial charge < -0.3 is 5.73 Å². The summed E-state index contributed by atoms with van der Waals surface area (Å²) in [7, 11) is -3.18. The van der Waals surface area contributed by atoms with Crippen LogP contribution < -0.4 is 5.73 Å². The number of hydrogen-bond donors (Lipinski definition) is 1. The second-order valence-corrected chi connectivity index (χ2v) is 7.15. The minimum Gasteiger partial charge on any atom is -0.398 e. The van der Waals surface area contributed by atoms with Crippen LogP contribution in [-0.2, 0) is 23.0 Å². The van der Waals surface area contributed by atoms with E-state index < -0.39 is 10.0 Å². The van der Waals surface area contributed by atoms with Crippen molar-refractivity contribution in [1.82, 2.24) is 4.31 Å². The standard InChI is InChI=1S/C12H18N2O2S/c1-9(2)17(15,16)14-7-6-10-4-3-5-12(13)11(10)8-14/h3-5,9H,6-8,13H2,1-2H3. The quantitative estimate of drug-likeness (QED) is 0.811. The maximum Gasteiger partial charge on any atom is 0.216 e. The molecule has 94 valence electrons. The van der Waals surface area contributed by atoms with Gasteiger partial charge in [0.1, 0.15) is 0 Å². The topological polar surface area (TPSA) is 63.4 Å². The summed E-state index contributed by atoms with van der Waals surface area (Å²) in [6.45, 7) is 4.37. The van der Waals surface area contributed by atoms with Crippen molar-refractivity contribution < 1.29 is 8.42 Å². The Labute approximate surface area is 102 Å². The first-order valence-corrected chi connectivity index (χ1v) is 7.28. The van der Waals surface area contributed by atoms with Crippen LogP contribution in [0.3, 0.4) is 0 Å². The molecule has 0 aliphatic carbocycles. The molecular weight excluding hydrogens is 236 g/mol. The van der Waals surface area contributed by atoms with Crippen LogP contribution in [0.15, 0.2) is 18.2 Å². The third kappa shape index (κ3) is 2.17. The van der Waals surface area contributed by atoms with Gasteiger partial charge in [0.2, 0.25) is 10.0 Å². The highest BCUT2D eigenvalue weighted by atomic mass is 32.2. The lowest BCUT2D eigenvalue weighted by Gasteiger charge is -2.30. The number of benzene rings is 1. The second-order valence-electron chi connectivity index (χ2n) is 4.66. The summed E-state index contributed by atoms with van der Waals surface area (Å²) < 4.78 is 25.7. The van der Waals surface area contributed by atoms with Crippen molar-refractivity contribution in [2.75, 3.05) is 12.3 Å². The minimum absolute atomic E-state index is 0.381. The summed E-state index contributed by atoms with van der Waals surface area (Å²) in [6.07, 6.45) is 0.742. The Balaban J connectivity index is 2.34. The maximum atomic E-state index is 12.1. The Morgan fingerprint density at radius 2 is 2.06 bits per heavy atom. The van der Waals surface area contributed by atoms with E-state index >= 15 is 0 Å². The van der Waals surface area contributed by atoms with Crippen LogP contribution in [0.25, 0.3) is 0 Å². The predicted molar refractivity (Wildman–Crippen MR) is 69.0 cm³/mol. The van der Waals surface area contributed by atoms with Gasteiger partial charge in [-0.15, -0.1) is 0 Å². The van der Waals surface area contributed by atoms with Gasteiger partial charge >= 0.3 is 0 Å². The van der Waals surface area contributed by atoms with Gasteiger partial charge in [0.15, 0.2) is 0 Å². The van der Waals surface area contributed by atoms with E-state index in [1.807, 2.05) is 18.2 Å². The minimum atomic E-state index is -3.18. The molecule has 2 rings (SSSR count). The Kier molecular flexibility index (Phi) is 3.14. The molecule has 0 unspecified atom stereocenters. The molecule has 0 saturated carbocycles. The van der Waals surface area contributed by atoms with Crippen molar-refractivity contribution in [2.45, 2.75) is 32.1 Å². The third-order valence-corrected chi connectivity index (χ3v) is 5.45. The highest BCUT2D eigenvalue weighted by Gasteiger charge is 2.29. The van der Waals surface area contributed by atoms with E-state index in [0.717, 1.165) is 12.0 Å². The first-order chi connectivity index (χ1) is 7.93. The van der Waals surface area contributed by atoms with Gasteiger partial charge in [0, 0.05) is 18.8 Å². The van der Waals surface area contributed by atoms with Gasteiger partial charge in [0.05, 0.1) is 5.25 Å². The Bertz CT molecular complexity index is 523. The molecule has 5 heteroatoms. The van der Waals surface area contributed by atoms with Crippen LogP contribution in [0, 0.1) is 0 Å². The lowest BCUT2D eigenvalue weighted by molar-refractivity contribution is 0.388.